The van der Waals surface area contributed by atoms with Crippen LogP contribution in [-0.4, -0.2) is 24.3 Å². The van der Waals surface area contributed by atoms with Gasteiger partial charge < -0.3 is 10.5 Å². The van der Waals surface area contributed by atoms with Gasteiger partial charge in [-0.1, -0.05) is 12.1 Å². The van der Waals surface area contributed by atoms with Gasteiger partial charge in [0.1, 0.15) is 11.7 Å². The van der Waals surface area contributed by atoms with Crippen molar-refractivity contribution in [1.82, 2.24) is 0 Å². The van der Waals surface area contributed by atoms with Crippen LogP contribution in [0.3, 0.4) is 0 Å². The van der Waals surface area contributed by atoms with Crippen LogP contribution in [0.15, 0.2) is 46.4 Å². The van der Waals surface area contributed by atoms with Gasteiger partial charge in [0.2, 0.25) is 0 Å². The molecule has 2 spiro atoms. The van der Waals surface area contributed by atoms with Crippen LogP contribution < -0.4 is 5.73 Å². The molecule has 0 bridgehead atoms. The van der Waals surface area contributed by atoms with Crippen LogP contribution in [0.5, 0.6) is 0 Å². The van der Waals surface area contributed by atoms with E-state index in [2.05, 4.69) is 0 Å². The highest BCUT2D eigenvalue weighted by Gasteiger charge is 2.60. The molecule has 5 nitrogen and oxygen atoms in total. The molecule has 0 unspecified atom stereocenters. The molecule has 8 heteroatoms. The van der Waals surface area contributed by atoms with Crippen molar-refractivity contribution in [3.63, 3.8) is 0 Å². The van der Waals surface area contributed by atoms with Gasteiger partial charge in [0, 0.05) is 11.0 Å². The summed E-state index contributed by atoms with van der Waals surface area (Å²) in [5.74, 6) is -0.110. The van der Waals surface area contributed by atoms with Gasteiger partial charge in [-0.25, -0.2) is 9.38 Å². The Morgan fingerprint density at radius 2 is 1.88 bits per heavy atom. The van der Waals surface area contributed by atoms with E-state index in [9.17, 15) is 18.4 Å². The largest absolute Gasteiger partial charge is 0.382 e. The first-order chi connectivity index (χ1) is 15.7. The SMILES string of the molecule is CC1=N[C@]2(N=C1N)c1cc(-c3cc(F)cc(C#N)c3)ccc1C[C@]21CC[C@@H](OC(F)F)CC1. The second-order valence-corrected chi connectivity index (χ2v) is 9.13. The van der Waals surface area contributed by atoms with Gasteiger partial charge in [0.25, 0.3) is 0 Å². The topological polar surface area (TPSA) is 83.8 Å². The van der Waals surface area contributed by atoms with Gasteiger partial charge >= 0.3 is 6.61 Å². The molecule has 2 aliphatic carbocycles. The summed E-state index contributed by atoms with van der Waals surface area (Å²) in [5.41, 5.74) is 9.07. The van der Waals surface area contributed by atoms with Crippen LogP contribution in [-0.2, 0) is 16.8 Å². The highest BCUT2D eigenvalue weighted by molar-refractivity contribution is 6.41. The zero-order valence-corrected chi connectivity index (χ0v) is 18.1. The average Bonchev–Trinajstić information content (AvgIpc) is 3.22. The van der Waals surface area contributed by atoms with Crippen LogP contribution in [0.25, 0.3) is 11.1 Å². The summed E-state index contributed by atoms with van der Waals surface area (Å²) in [5, 5.41) is 9.23. The van der Waals surface area contributed by atoms with Crippen LogP contribution in [0.1, 0.15) is 49.3 Å². The van der Waals surface area contributed by atoms with Crippen molar-refractivity contribution >= 4 is 11.5 Å². The van der Waals surface area contributed by atoms with E-state index in [1.54, 1.807) is 6.07 Å². The van der Waals surface area contributed by atoms with E-state index in [4.69, 9.17) is 20.5 Å². The Kier molecular flexibility index (Phi) is 5.05. The van der Waals surface area contributed by atoms with Crippen LogP contribution in [0.2, 0.25) is 0 Å². The first-order valence-electron chi connectivity index (χ1n) is 11.0. The third-order valence-electron chi connectivity index (χ3n) is 7.28. The number of amidine groups is 1. The number of aliphatic imine (C=N–C) groups is 2. The van der Waals surface area contributed by atoms with E-state index in [1.807, 2.05) is 31.2 Å². The lowest BCUT2D eigenvalue weighted by molar-refractivity contribution is -0.177. The minimum atomic E-state index is -2.79. The summed E-state index contributed by atoms with van der Waals surface area (Å²) in [7, 11) is 0. The molecule has 0 saturated heterocycles. The number of hydrogen-bond acceptors (Lipinski definition) is 5. The normalized spacial score (nSPS) is 28.2. The fourth-order valence-corrected chi connectivity index (χ4v) is 5.72. The van der Waals surface area contributed by atoms with E-state index in [1.165, 1.54) is 12.1 Å². The average molecular weight is 452 g/mol. The summed E-state index contributed by atoms with van der Waals surface area (Å²) in [6.45, 7) is -0.966. The van der Waals surface area contributed by atoms with Crippen molar-refractivity contribution in [3.05, 3.63) is 58.9 Å². The highest BCUT2D eigenvalue weighted by atomic mass is 19.3. The predicted molar refractivity (Wildman–Crippen MR) is 118 cm³/mol. The number of halogens is 3. The third-order valence-corrected chi connectivity index (χ3v) is 7.28. The van der Waals surface area contributed by atoms with E-state index < -0.39 is 29.6 Å². The predicted octanol–water partition coefficient (Wildman–Crippen LogP) is 5.07. The lowest BCUT2D eigenvalue weighted by Gasteiger charge is -2.44. The van der Waals surface area contributed by atoms with E-state index in [0.717, 1.165) is 16.7 Å². The zero-order valence-electron chi connectivity index (χ0n) is 18.1. The monoisotopic (exact) mass is 452 g/mol. The standard InChI is InChI=1S/C25H23F3N4O/c1-14-22(30)32-25(31-14)21-11-16(18-8-15(13-29)9-19(26)10-18)2-3-17(21)12-24(25)6-4-20(5-7-24)33-23(27)28/h2-3,8-11,20,23H,4-7,12H2,1H3,(H2,30,32)/t20-,24-,25-/m0/s1. The number of fused-ring (bicyclic) bond motifs is 3. The first-order valence-corrected chi connectivity index (χ1v) is 11.0. The molecule has 170 valence electrons. The molecule has 1 saturated carbocycles. The maximum atomic E-state index is 14.1. The Balaban J connectivity index is 1.59. The maximum absolute atomic E-state index is 14.1. The summed E-state index contributed by atoms with van der Waals surface area (Å²) in [6.07, 6.45) is 2.45. The van der Waals surface area contributed by atoms with Crippen molar-refractivity contribution in [2.45, 2.75) is 57.4 Å². The molecule has 2 aromatic carbocycles. The summed E-state index contributed by atoms with van der Waals surface area (Å²) < 4.78 is 44.4. The molecule has 3 aliphatic rings. The molecule has 1 aliphatic heterocycles. The fraction of sp³-hybridized carbons (Fsp3) is 0.400. The molecule has 5 rings (SSSR count). The third kappa shape index (κ3) is 3.42. The van der Waals surface area contributed by atoms with Gasteiger partial charge in [0.15, 0.2) is 5.66 Å². The quantitative estimate of drug-likeness (QED) is 0.706. The lowest BCUT2D eigenvalue weighted by Crippen LogP contribution is -2.43. The minimum absolute atomic E-state index is 0.242. The van der Waals surface area contributed by atoms with Gasteiger partial charge in [-0.15, -0.1) is 0 Å². The van der Waals surface area contributed by atoms with E-state index in [-0.39, 0.29) is 5.56 Å². The van der Waals surface area contributed by atoms with Gasteiger partial charge in [-0.05, 0) is 80.0 Å². The minimum Gasteiger partial charge on any atom is -0.382 e. The molecule has 1 fully saturated rings. The van der Waals surface area contributed by atoms with E-state index >= 15 is 0 Å². The van der Waals surface area contributed by atoms with Gasteiger partial charge in [-0.3, -0.25) is 4.99 Å². The molecule has 0 aromatic heterocycles. The van der Waals surface area contributed by atoms with E-state index in [0.29, 0.717) is 49.2 Å². The molecule has 0 radical (unpaired) electrons. The Morgan fingerprint density at radius 1 is 1.12 bits per heavy atom. The number of nitrogens with two attached hydrogens (primary N) is 1. The Hall–Kier alpha value is -3.18. The molecule has 2 N–H and O–H groups in total. The molecular weight excluding hydrogens is 429 g/mol. The number of nitriles is 1. The number of nitrogens with zero attached hydrogens (tertiary/aromatic N) is 3. The Morgan fingerprint density at radius 3 is 2.52 bits per heavy atom. The number of ether oxygens (including phenoxy) is 1. The first kappa shape index (κ1) is 21.7. The van der Waals surface area contributed by atoms with Crippen LogP contribution in [0, 0.1) is 22.6 Å². The molecule has 1 heterocycles. The number of alkyl halides is 2. The number of rotatable bonds is 3. The Bertz CT molecular complexity index is 1200. The summed E-state index contributed by atoms with van der Waals surface area (Å²) in [6, 6.07) is 12.1. The fourth-order valence-electron chi connectivity index (χ4n) is 5.72. The van der Waals surface area contributed by atoms with Crippen LogP contribution in [0.4, 0.5) is 13.2 Å². The van der Waals surface area contributed by atoms with Gasteiger partial charge in [-0.2, -0.15) is 14.0 Å². The number of benzene rings is 2. The molecule has 33 heavy (non-hydrogen) atoms. The molecule has 1 atom stereocenters. The molecule has 0 amide bonds. The zero-order chi connectivity index (χ0) is 23.4. The maximum Gasteiger partial charge on any atom is 0.345 e. The van der Waals surface area contributed by atoms with Crippen molar-refractivity contribution in [2.75, 3.05) is 0 Å². The van der Waals surface area contributed by atoms with Crippen molar-refractivity contribution < 1.29 is 17.9 Å². The highest BCUT2D eigenvalue weighted by Crippen LogP contribution is 2.62. The molecular formula is C25H23F3N4O. The second kappa shape index (κ2) is 7.70. The smallest absolute Gasteiger partial charge is 0.345 e. The van der Waals surface area contributed by atoms with Gasteiger partial charge in [0.05, 0.1) is 23.4 Å². The van der Waals surface area contributed by atoms with Crippen molar-refractivity contribution in [1.29, 1.82) is 5.26 Å². The van der Waals surface area contributed by atoms with Crippen LogP contribution >= 0.6 is 0 Å². The Labute approximate surface area is 189 Å². The molecule has 2 aromatic rings. The second-order valence-electron chi connectivity index (χ2n) is 9.13. The number of hydrogen-bond donors (Lipinski definition) is 1. The lowest BCUT2D eigenvalue weighted by atomic mass is 9.65. The van der Waals surface area contributed by atoms with Crippen molar-refractivity contribution in [2.24, 2.45) is 21.1 Å². The van der Waals surface area contributed by atoms with Crippen molar-refractivity contribution in [3.8, 4) is 17.2 Å². The summed E-state index contributed by atoms with van der Waals surface area (Å²) in [4.78, 5) is 9.83. The summed E-state index contributed by atoms with van der Waals surface area (Å²) >= 11 is 0.